The molecule has 0 radical (unpaired) electrons. The fourth-order valence-corrected chi connectivity index (χ4v) is 2.21. The van der Waals surface area contributed by atoms with Crippen molar-refractivity contribution in [2.45, 2.75) is 59.4 Å². The lowest BCUT2D eigenvalue weighted by Gasteiger charge is -2.35. The highest BCUT2D eigenvalue weighted by molar-refractivity contribution is 5.08. The summed E-state index contributed by atoms with van der Waals surface area (Å²) in [7, 11) is 0. The van der Waals surface area contributed by atoms with Gasteiger partial charge in [0, 0.05) is 5.54 Å². The molecule has 0 aromatic rings. The van der Waals surface area contributed by atoms with Crippen LogP contribution in [0.2, 0.25) is 0 Å². The average molecular weight is 169 g/mol. The van der Waals surface area contributed by atoms with Crippen LogP contribution in [0.25, 0.3) is 0 Å². The molecule has 0 spiro atoms. The van der Waals surface area contributed by atoms with Crippen molar-refractivity contribution in [1.29, 1.82) is 0 Å². The summed E-state index contributed by atoms with van der Waals surface area (Å²) in [6.45, 7) is 11.3. The highest BCUT2D eigenvalue weighted by atomic mass is 14.8. The second-order valence-electron chi connectivity index (χ2n) is 6.24. The molecule has 1 rings (SSSR count). The Morgan fingerprint density at radius 3 is 1.58 bits per heavy atom. The van der Waals surface area contributed by atoms with Crippen LogP contribution in [0, 0.1) is 10.8 Å². The Morgan fingerprint density at radius 2 is 1.50 bits per heavy atom. The zero-order valence-electron chi connectivity index (χ0n) is 9.20. The first-order valence-corrected chi connectivity index (χ1v) is 4.95. The quantitative estimate of drug-likeness (QED) is 0.675. The third-order valence-corrected chi connectivity index (χ3v) is 3.09. The van der Waals surface area contributed by atoms with E-state index in [1.54, 1.807) is 0 Å². The molecule has 0 heterocycles. The Morgan fingerprint density at radius 1 is 1.08 bits per heavy atom. The summed E-state index contributed by atoms with van der Waals surface area (Å²) in [5.41, 5.74) is 7.07. The van der Waals surface area contributed by atoms with E-state index in [0.717, 1.165) is 0 Å². The van der Waals surface area contributed by atoms with Gasteiger partial charge in [-0.1, -0.05) is 20.8 Å². The SMILES string of the molecule is CC(C)(C)CC1(C(C)(C)N)CC1. The van der Waals surface area contributed by atoms with Crippen molar-refractivity contribution in [3.8, 4) is 0 Å². The van der Waals surface area contributed by atoms with Gasteiger partial charge in [0.2, 0.25) is 0 Å². The Bertz CT molecular complexity index is 164. The highest BCUT2D eigenvalue weighted by Gasteiger charge is 2.53. The van der Waals surface area contributed by atoms with E-state index in [9.17, 15) is 0 Å². The Labute approximate surface area is 76.7 Å². The van der Waals surface area contributed by atoms with Crippen molar-refractivity contribution in [3.05, 3.63) is 0 Å². The molecule has 0 bridgehead atoms. The average Bonchev–Trinajstić information content (AvgIpc) is 2.39. The van der Waals surface area contributed by atoms with Crippen molar-refractivity contribution in [2.75, 3.05) is 0 Å². The van der Waals surface area contributed by atoms with Gasteiger partial charge in [0.15, 0.2) is 0 Å². The first-order valence-electron chi connectivity index (χ1n) is 4.95. The molecular formula is C11H23N. The molecule has 1 saturated carbocycles. The topological polar surface area (TPSA) is 26.0 Å². The van der Waals surface area contributed by atoms with E-state index in [0.29, 0.717) is 10.8 Å². The lowest BCUT2D eigenvalue weighted by Crippen LogP contribution is -2.44. The largest absolute Gasteiger partial charge is 0.325 e. The maximum absolute atomic E-state index is 6.18. The zero-order valence-corrected chi connectivity index (χ0v) is 9.20. The Balaban J connectivity index is 2.63. The second kappa shape index (κ2) is 2.47. The zero-order chi connectivity index (χ0) is 9.62. The molecule has 12 heavy (non-hydrogen) atoms. The van der Waals surface area contributed by atoms with Crippen molar-refractivity contribution >= 4 is 0 Å². The number of hydrogen-bond acceptors (Lipinski definition) is 1. The molecule has 0 atom stereocenters. The van der Waals surface area contributed by atoms with Gasteiger partial charge in [-0.2, -0.15) is 0 Å². The summed E-state index contributed by atoms with van der Waals surface area (Å²) in [4.78, 5) is 0. The third kappa shape index (κ3) is 2.01. The third-order valence-electron chi connectivity index (χ3n) is 3.09. The van der Waals surface area contributed by atoms with E-state index < -0.39 is 0 Å². The van der Waals surface area contributed by atoms with Gasteiger partial charge in [0.25, 0.3) is 0 Å². The molecule has 0 amide bonds. The Hall–Kier alpha value is -0.0400. The van der Waals surface area contributed by atoms with Gasteiger partial charge in [-0.15, -0.1) is 0 Å². The minimum atomic E-state index is 0.0142. The maximum Gasteiger partial charge on any atom is 0.0154 e. The van der Waals surface area contributed by atoms with Gasteiger partial charge < -0.3 is 5.73 Å². The molecule has 0 saturated heterocycles. The molecule has 0 unspecified atom stereocenters. The van der Waals surface area contributed by atoms with E-state index in [4.69, 9.17) is 5.73 Å². The molecule has 2 N–H and O–H groups in total. The molecule has 1 aliphatic rings. The minimum Gasteiger partial charge on any atom is -0.325 e. The van der Waals surface area contributed by atoms with Crippen molar-refractivity contribution in [1.82, 2.24) is 0 Å². The van der Waals surface area contributed by atoms with Crippen LogP contribution in [0.4, 0.5) is 0 Å². The predicted molar refractivity (Wildman–Crippen MR) is 54.0 cm³/mol. The van der Waals surface area contributed by atoms with Crippen molar-refractivity contribution in [3.63, 3.8) is 0 Å². The molecular weight excluding hydrogens is 146 g/mol. The minimum absolute atomic E-state index is 0.0142. The predicted octanol–water partition coefficient (Wildman–Crippen LogP) is 2.94. The highest BCUT2D eigenvalue weighted by Crippen LogP contribution is 2.58. The molecule has 72 valence electrons. The smallest absolute Gasteiger partial charge is 0.0154 e. The van der Waals surface area contributed by atoms with Crippen LogP contribution < -0.4 is 5.73 Å². The van der Waals surface area contributed by atoms with Crippen LogP contribution >= 0.6 is 0 Å². The van der Waals surface area contributed by atoms with E-state index in [2.05, 4.69) is 34.6 Å². The van der Waals surface area contributed by atoms with Crippen molar-refractivity contribution < 1.29 is 0 Å². The lowest BCUT2D eigenvalue weighted by molar-refractivity contribution is 0.193. The van der Waals surface area contributed by atoms with Gasteiger partial charge in [0.05, 0.1) is 0 Å². The fraction of sp³-hybridized carbons (Fsp3) is 1.00. The van der Waals surface area contributed by atoms with Gasteiger partial charge in [0.1, 0.15) is 0 Å². The summed E-state index contributed by atoms with van der Waals surface area (Å²) in [6.07, 6.45) is 3.92. The van der Waals surface area contributed by atoms with Gasteiger partial charge >= 0.3 is 0 Å². The van der Waals surface area contributed by atoms with Crippen LogP contribution in [0.3, 0.4) is 0 Å². The monoisotopic (exact) mass is 169 g/mol. The van der Waals surface area contributed by atoms with E-state index in [1.807, 2.05) is 0 Å². The number of rotatable bonds is 2. The van der Waals surface area contributed by atoms with Gasteiger partial charge in [-0.3, -0.25) is 0 Å². The Kier molecular flexibility index (Phi) is 2.07. The van der Waals surface area contributed by atoms with Gasteiger partial charge in [-0.25, -0.2) is 0 Å². The fourth-order valence-electron chi connectivity index (χ4n) is 2.21. The van der Waals surface area contributed by atoms with Crippen LogP contribution in [0.1, 0.15) is 53.9 Å². The number of nitrogens with two attached hydrogens (primary N) is 1. The number of hydrogen-bond donors (Lipinski definition) is 1. The van der Waals surface area contributed by atoms with Crippen LogP contribution in [0.15, 0.2) is 0 Å². The summed E-state index contributed by atoms with van der Waals surface area (Å²) in [5.74, 6) is 0. The van der Waals surface area contributed by atoms with E-state index >= 15 is 0 Å². The molecule has 0 aromatic heterocycles. The van der Waals surface area contributed by atoms with Crippen LogP contribution in [-0.2, 0) is 0 Å². The van der Waals surface area contributed by atoms with Crippen molar-refractivity contribution in [2.24, 2.45) is 16.6 Å². The normalized spacial score (nSPS) is 22.5. The van der Waals surface area contributed by atoms with Crippen LogP contribution in [-0.4, -0.2) is 5.54 Å². The van der Waals surface area contributed by atoms with Gasteiger partial charge in [-0.05, 0) is 43.9 Å². The lowest BCUT2D eigenvalue weighted by atomic mass is 9.73. The molecule has 1 heteroatoms. The molecule has 0 aliphatic heterocycles. The molecule has 1 aliphatic carbocycles. The summed E-state index contributed by atoms with van der Waals surface area (Å²) >= 11 is 0. The summed E-state index contributed by atoms with van der Waals surface area (Å²) in [6, 6.07) is 0. The van der Waals surface area contributed by atoms with E-state index in [-0.39, 0.29) is 5.54 Å². The molecule has 1 nitrogen and oxygen atoms in total. The molecule has 0 aromatic carbocycles. The first-order chi connectivity index (χ1) is 5.16. The summed E-state index contributed by atoms with van der Waals surface area (Å²) < 4.78 is 0. The van der Waals surface area contributed by atoms with E-state index in [1.165, 1.54) is 19.3 Å². The standard InChI is InChI=1S/C11H23N/c1-9(2,3)8-11(6-7-11)10(4,5)12/h6-8,12H2,1-5H3. The maximum atomic E-state index is 6.18. The van der Waals surface area contributed by atoms with Crippen LogP contribution in [0.5, 0.6) is 0 Å². The second-order valence-corrected chi connectivity index (χ2v) is 6.24. The summed E-state index contributed by atoms with van der Waals surface area (Å²) in [5, 5.41) is 0. The molecule has 1 fully saturated rings. The first kappa shape index (κ1) is 10.0.